The number of ether oxygens (including phenoxy) is 4. The highest BCUT2D eigenvalue weighted by molar-refractivity contribution is 4.88. The molecule has 0 aromatic rings. The van der Waals surface area contributed by atoms with Crippen molar-refractivity contribution in [2.24, 2.45) is 0 Å². The van der Waals surface area contributed by atoms with Gasteiger partial charge in [0.1, 0.15) is 36.6 Å². The van der Waals surface area contributed by atoms with Crippen molar-refractivity contribution >= 4 is 0 Å². The van der Waals surface area contributed by atoms with Crippen molar-refractivity contribution in [3.8, 4) is 0 Å². The van der Waals surface area contributed by atoms with Crippen molar-refractivity contribution in [1.29, 1.82) is 0 Å². The molecule has 4 unspecified atom stereocenters. The van der Waals surface area contributed by atoms with Crippen molar-refractivity contribution < 1.29 is 49.6 Å². The first kappa shape index (κ1) is 40.6. The van der Waals surface area contributed by atoms with Gasteiger partial charge in [0.2, 0.25) is 0 Å². The van der Waals surface area contributed by atoms with Gasteiger partial charge >= 0.3 is 0 Å². The van der Waals surface area contributed by atoms with Gasteiger partial charge in [-0.15, -0.1) is 0 Å². The van der Waals surface area contributed by atoms with Gasteiger partial charge in [0.25, 0.3) is 0 Å². The predicted molar refractivity (Wildman–Crippen MR) is 166 cm³/mol. The van der Waals surface area contributed by atoms with Gasteiger partial charge in [-0.25, -0.2) is 0 Å². The molecule has 10 atom stereocenters. The Bertz CT molecular complexity index is 641. The van der Waals surface area contributed by atoms with Crippen molar-refractivity contribution in [3.63, 3.8) is 0 Å². The maximum absolute atomic E-state index is 9.88. The zero-order chi connectivity index (χ0) is 32.0. The predicted octanol–water partition coefficient (Wildman–Crippen LogP) is 4.33. The summed E-state index contributed by atoms with van der Waals surface area (Å²) in [7, 11) is 0. The number of hydrogen-bond acceptors (Lipinski definition) is 10. The molecule has 43 heavy (non-hydrogen) atoms. The molecule has 6 N–H and O–H groups in total. The molecule has 2 aliphatic rings. The largest absolute Gasteiger partial charge is 0.388 e. The summed E-state index contributed by atoms with van der Waals surface area (Å²) in [5.74, 6) is 0. The second-order valence-electron chi connectivity index (χ2n) is 12.4. The molecular weight excluding hydrogens is 556 g/mol. The molecule has 0 amide bonds. The number of aliphatic hydroxyl groups excluding tert-OH is 6. The lowest BCUT2D eigenvalue weighted by molar-refractivity contribution is -0.293. The van der Waals surface area contributed by atoms with E-state index in [-0.39, 0.29) is 0 Å². The highest BCUT2D eigenvalue weighted by Gasteiger charge is 2.43. The highest BCUT2D eigenvalue weighted by Crippen LogP contribution is 2.23. The Morgan fingerprint density at radius 2 is 0.674 bits per heavy atom. The molecule has 0 spiro atoms. The van der Waals surface area contributed by atoms with E-state index in [0.717, 1.165) is 32.1 Å². The van der Waals surface area contributed by atoms with Crippen LogP contribution in [-0.4, -0.2) is 105 Å². The number of unbranched alkanes of at least 4 members (excludes halogenated alkanes) is 15. The zero-order valence-corrected chi connectivity index (χ0v) is 27.5. The van der Waals surface area contributed by atoms with Crippen LogP contribution in [0.2, 0.25) is 0 Å². The fourth-order valence-corrected chi connectivity index (χ4v) is 5.35. The first-order chi connectivity index (χ1) is 20.6. The lowest BCUT2D eigenvalue weighted by atomic mass is 10.00. The van der Waals surface area contributed by atoms with Crippen LogP contribution >= 0.6 is 0 Å². The van der Waals surface area contributed by atoms with Crippen LogP contribution in [0.5, 0.6) is 0 Å². The second kappa shape index (κ2) is 24.8. The number of aliphatic hydroxyl groups is 6. The van der Waals surface area contributed by atoms with Gasteiger partial charge < -0.3 is 49.6 Å². The Labute approximate surface area is 261 Å². The number of rotatable bonds is 21. The minimum atomic E-state index is -1.21. The van der Waals surface area contributed by atoms with Crippen LogP contribution < -0.4 is 0 Å². The minimum absolute atomic E-state index is 0.491. The fourth-order valence-electron chi connectivity index (χ4n) is 5.35. The van der Waals surface area contributed by atoms with E-state index in [9.17, 15) is 30.6 Å². The molecule has 0 aromatic heterocycles. The molecule has 2 aliphatic heterocycles. The van der Waals surface area contributed by atoms with Crippen LogP contribution in [0, 0.1) is 0 Å². The molecule has 0 bridgehead atoms. The van der Waals surface area contributed by atoms with Gasteiger partial charge in [0.05, 0.1) is 12.2 Å². The van der Waals surface area contributed by atoms with E-state index >= 15 is 0 Å². The van der Waals surface area contributed by atoms with E-state index in [2.05, 4.69) is 13.8 Å². The van der Waals surface area contributed by atoms with E-state index < -0.39 is 61.4 Å². The van der Waals surface area contributed by atoms with Crippen molar-refractivity contribution in [2.45, 2.75) is 198 Å². The van der Waals surface area contributed by atoms with E-state index in [1.807, 2.05) is 0 Å². The molecule has 0 aromatic carbocycles. The second-order valence-corrected chi connectivity index (χ2v) is 12.4. The Morgan fingerprint density at radius 1 is 0.395 bits per heavy atom. The molecule has 2 saturated heterocycles. The van der Waals surface area contributed by atoms with E-state index in [1.54, 1.807) is 13.8 Å². The van der Waals surface area contributed by atoms with E-state index in [0.29, 0.717) is 13.2 Å². The normalized spacial score (nSPS) is 32.8. The molecule has 2 fully saturated rings. The highest BCUT2D eigenvalue weighted by atomic mass is 16.7. The first-order valence-electron chi connectivity index (χ1n) is 17.3. The summed E-state index contributed by atoms with van der Waals surface area (Å²) in [6.07, 6.45) is 11.7. The molecule has 10 heteroatoms. The molecule has 0 saturated carbocycles. The van der Waals surface area contributed by atoms with Crippen LogP contribution in [0.1, 0.15) is 137 Å². The third-order valence-electron chi connectivity index (χ3n) is 8.43. The third kappa shape index (κ3) is 16.6. The molecule has 0 aliphatic carbocycles. The van der Waals surface area contributed by atoms with Gasteiger partial charge in [0.15, 0.2) is 12.6 Å². The molecule has 10 nitrogen and oxygen atoms in total. The first-order valence-corrected chi connectivity index (χ1v) is 17.3. The van der Waals surface area contributed by atoms with Crippen molar-refractivity contribution in [2.75, 3.05) is 13.2 Å². The Balaban J connectivity index is 0.000000490. The standard InChI is InChI=1S/C22H44O5.C11H22O5/c1-3-4-5-6-7-8-9-10-11-12-13-14-15-16-17-26-22-21(25)20(24)19(23)18(2)27-22;1-3-4-5-6-15-11-10(14)9(13)8(12)7(2)16-11/h18-25H,3-17H2,1-2H3;7-14H,3-6H2,1-2H3/t18?,19-,20-,21?,22+;7?,8-,9-,10?,11+/m00/s1. The van der Waals surface area contributed by atoms with Gasteiger partial charge in [-0.05, 0) is 26.7 Å². The minimum Gasteiger partial charge on any atom is -0.388 e. The molecule has 0 radical (unpaired) electrons. The smallest absolute Gasteiger partial charge is 0.186 e. The van der Waals surface area contributed by atoms with Crippen LogP contribution in [0.15, 0.2) is 0 Å². The molecular formula is C33H66O10. The maximum Gasteiger partial charge on any atom is 0.186 e. The summed E-state index contributed by atoms with van der Waals surface area (Å²) < 4.78 is 21.6. The van der Waals surface area contributed by atoms with Crippen LogP contribution in [0.25, 0.3) is 0 Å². The Hall–Kier alpha value is -0.400. The average molecular weight is 623 g/mol. The van der Waals surface area contributed by atoms with Gasteiger partial charge in [-0.3, -0.25) is 0 Å². The molecule has 2 heterocycles. The van der Waals surface area contributed by atoms with Crippen molar-refractivity contribution in [1.82, 2.24) is 0 Å². The van der Waals surface area contributed by atoms with Crippen molar-refractivity contribution in [3.05, 3.63) is 0 Å². The van der Waals surface area contributed by atoms with E-state index in [4.69, 9.17) is 18.9 Å². The monoisotopic (exact) mass is 622 g/mol. The third-order valence-corrected chi connectivity index (χ3v) is 8.43. The van der Waals surface area contributed by atoms with Gasteiger partial charge in [-0.1, -0.05) is 110 Å². The fraction of sp³-hybridized carbons (Fsp3) is 1.00. The Kier molecular flexibility index (Phi) is 23.4. The van der Waals surface area contributed by atoms with Gasteiger partial charge in [-0.2, -0.15) is 0 Å². The summed E-state index contributed by atoms with van der Waals surface area (Å²) >= 11 is 0. The topological polar surface area (TPSA) is 158 Å². The average Bonchev–Trinajstić information content (AvgIpc) is 3.00. The number of hydrogen-bond donors (Lipinski definition) is 6. The molecule has 258 valence electrons. The summed E-state index contributed by atoms with van der Waals surface area (Å²) in [6.45, 7) is 8.67. The van der Waals surface area contributed by atoms with Crippen LogP contribution in [-0.2, 0) is 18.9 Å². The zero-order valence-electron chi connectivity index (χ0n) is 27.5. The summed E-state index contributed by atoms with van der Waals surface area (Å²) in [5.41, 5.74) is 0. The van der Waals surface area contributed by atoms with Gasteiger partial charge in [0, 0.05) is 13.2 Å². The van der Waals surface area contributed by atoms with Crippen LogP contribution in [0.4, 0.5) is 0 Å². The molecule has 2 rings (SSSR count). The van der Waals surface area contributed by atoms with E-state index in [1.165, 1.54) is 77.0 Å². The lowest BCUT2D eigenvalue weighted by Crippen LogP contribution is -2.57. The Morgan fingerprint density at radius 3 is 1.02 bits per heavy atom. The quantitative estimate of drug-likeness (QED) is 0.102. The summed E-state index contributed by atoms with van der Waals surface area (Å²) in [6, 6.07) is 0. The lowest BCUT2D eigenvalue weighted by Gasteiger charge is -2.38. The SMILES string of the molecule is CCCCCCCCCCCCCCCCO[C@@H]1OC(C)[C@H](O)[C@H](O)C1O.CCCCCO[C@@H]1OC(C)[C@H](O)[C@H](O)C1O. The maximum atomic E-state index is 9.88. The summed E-state index contributed by atoms with van der Waals surface area (Å²) in [4.78, 5) is 0. The summed E-state index contributed by atoms with van der Waals surface area (Å²) in [5, 5.41) is 57.9. The van der Waals surface area contributed by atoms with Crippen LogP contribution in [0.3, 0.4) is 0 Å².